The van der Waals surface area contributed by atoms with Crippen LogP contribution < -0.4 is 4.74 Å². The molecular weight excluding hydrogens is 345 g/mol. The molecule has 0 aromatic heterocycles. The molecule has 3 rings (SSSR count). The summed E-state index contributed by atoms with van der Waals surface area (Å²) in [6.07, 6.45) is 1.10. The van der Waals surface area contributed by atoms with Crippen LogP contribution in [0.1, 0.15) is 30.4 Å². The maximum atomic E-state index is 6.12. The highest BCUT2D eigenvalue weighted by Crippen LogP contribution is 2.48. The first-order valence-electron chi connectivity index (χ1n) is 7.83. The van der Waals surface area contributed by atoms with Crippen LogP contribution in [0.4, 0.5) is 0 Å². The normalized spacial score (nSPS) is 19.9. The summed E-state index contributed by atoms with van der Waals surface area (Å²) in [4.78, 5) is 5.46. The van der Waals surface area contributed by atoms with Crippen LogP contribution in [0.3, 0.4) is 0 Å². The molecule has 5 heteroatoms. The predicted molar refractivity (Wildman–Crippen MR) is 98.2 cm³/mol. The van der Waals surface area contributed by atoms with Crippen LogP contribution >= 0.6 is 23.2 Å². The molecule has 1 saturated carbocycles. The van der Waals surface area contributed by atoms with E-state index in [-0.39, 0.29) is 6.61 Å². The lowest BCUT2D eigenvalue weighted by Gasteiger charge is -2.06. The lowest BCUT2D eigenvalue weighted by atomic mass is 10.1. The van der Waals surface area contributed by atoms with Crippen LogP contribution in [-0.4, -0.2) is 12.8 Å². The van der Waals surface area contributed by atoms with E-state index < -0.39 is 0 Å². The van der Waals surface area contributed by atoms with Gasteiger partial charge in [0.2, 0.25) is 0 Å². The Kier molecular flexibility index (Phi) is 5.32. The zero-order valence-corrected chi connectivity index (χ0v) is 15.1. The number of rotatable bonds is 6. The largest absolute Gasteiger partial charge is 0.497 e. The lowest BCUT2D eigenvalue weighted by Crippen LogP contribution is -1.99. The molecule has 0 radical (unpaired) electrons. The van der Waals surface area contributed by atoms with Crippen LogP contribution in [0.2, 0.25) is 10.0 Å². The summed E-state index contributed by atoms with van der Waals surface area (Å²) in [5.74, 6) is 1.81. The Balaban J connectivity index is 1.57. The highest BCUT2D eigenvalue weighted by molar-refractivity contribution is 6.35. The first kappa shape index (κ1) is 17.1. The summed E-state index contributed by atoms with van der Waals surface area (Å²) >= 11 is 12.2. The molecule has 0 amide bonds. The summed E-state index contributed by atoms with van der Waals surface area (Å²) in [6, 6.07) is 13.6. The Morgan fingerprint density at radius 3 is 2.42 bits per heavy atom. The molecule has 0 spiro atoms. The summed E-state index contributed by atoms with van der Waals surface area (Å²) in [7, 11) is 1.67. The zero-order valence-electron chi connectivity index (χ0n) is 13.6. The molecule has 1 fully saturated rings. The minimum absolute atomic E-state index is 0.274. The van der Waals surface area contributed by atoms with Gasteiger partial charge in [-0.05, 0) is 49.1 Å². The molecule has 24 heavy (non-hydrogen) atoms. The van der Waals surface area contributed by atoms with Gasteiger partial charge in [-0.3, -0.25) is 0 Å². The van der Waals surface area contributed by atoms with E-state index in [1.54, 1.807) is 19.2 Å². The average molecular weight is 364 g/mol. The maximum Gasteiger partial charge on any atom is 0.145 e. The molecule has 0 saturated heterocycles. The lowest BCUT2D eigenvalue weighted by molar-refractivity contribution is 0.129. The Morgan fingerprint density at radius 2 is 1.79 bits per heavy atom. The SMILES string of the molecule is COc1ccc(C2CC2C(C)=NOCc2c(Cl)cccc2Cl)cc1. The molecule has 0 bridgehead atoms. The number of nitrogens with zero attached hydrogens (tertiary/aromatic N) is 1. The summed E-state index contributed by atoms with van der Waals surface area (Å²) in [5, 5.41) is 5.44. The van der Waals surface area contributed by atoms with Crippen molar-refractivity contribution in [1.29, 1.82) is 0 Å². The van der Waals surface area contributed by atoms with Crippen molar-refractivity contribution in [2.75, 3.05) is 7.11 Å². The average Bonchev–Trinajstić information content (AvgIpc) is 3.38. The summed E-state index contributed by atoms with van der Waals surface area (Å²) < 4.78 is 5.19. The number of benzene rings is 2. The van der Waals surface area contributed by atoms with E-state index >= 15 is 0 Å². The maximum absolute atomic E-state index is 6.12. The van der Waals surface area contributed by atoms with Gasteiger partial charge in [0.15, 0.2) is 0 Å². The van der Waals surface area contributed by atoms with Gasteiger partial charge in [0.05, 0.1) is 12.8 Å². The van der Waals surface area contributed by atoms with E-state index in [9.17, 15) is 0 Å². The van der Waals surface area contributed by atoms with Gasteiger partial charge in [-0.2, -0.15) is 0 Å². The third kappa shape index (κ3) is 3.85. The monoisotopic (exact) mass is 363 g/mol. The van der Waals surface area contributed by atoms with Crippen LogP contribution in [0, 0.1) is 5.92 Å². The quantitative estimate of drug-likeness (QED) is 0.486. The first-order chi connectivity index (χ1) is 11.6. The van der Waals surface area contributed by atoms with E-state index in [1.807, 2.05) is 25.1 Å². The number of halogens is 2. The van der Waals surface area contributed by atoms with Gasteiger partial charge in [0.25, 0.3) is 0 Å². The van der Waals surface area contributed by atoms with Crippen molar-refractivity contribution in [3.63, 3.8) is 0 Å². The molecule has 3 nitrogen and oxygen atoms in total. The zero-order chi connectivity index (χ0) is 17.1. The van der Waals surface area contributed by atoms with Crippen molar-refractivity contribution in [2.24, 2.45) is 11.1 Å². The van der Waals surface area contributed by atoms with Crippen LogP contribution in [-0.2, 0) is 11.4 Å². The van der Waals surface area contributed by atoms with Crippen LogP contribution in [0.15, 0.2) is 47.6 Å². The van der Waals surface area contributed by atoms with Gasteiger partial charge < -0.3 is 9.57 Å². The summed E-state index contributed by atoms with van der Waals surface area (Å²) in [6.45, 7) is 2.28. The molecular formula is C19H19Cl2NO2. The van der Waals surface area contributed by atoms with Gasteiger partial charge >= 0.3 is 0 Å². The Morgan fingerprint density at radius 1 is 1.12 bits per heavy atom. The molecule has 1 aliphatic rings. The smallest absolute Gasteiger partial charge is 0.145 e. The van der Waals surface area contributed by atoms with Crippen molar-refractivity contribution in [3.8, 4) is 5.75 Å². The third-order valence-corrected chi connectivity index (χ3v) is 5.06. The van der Waals surface area contributed by atoms with Crippen molar-refractivity contribution in [2.45, 2.75) is 25.9 Å². The van der Waals surface area contributed by atoms with E-state index in [1.165, 1.54) is 5.56 Å². The van der Waals surface area contributed by atoms with Gasteiger partial charge in [-0.15, -0.1) is 0 Å². The van der Waals surface area contributed by atoms with Gasteiger partial charge in [0.1, 0.15) is 12.4 Å². The fraction of sp³-hybridized carbons (Fsp3) is 0.316. The van der Waals surface area contributed by atoms with E-state index in [4.69, 9.17) is 32.8 Å². The molecule has 2 aromatic carbocycles. The molecule has 0 N–H and O–H groups in total. The first-order valence-corrected chi connectivity index (χ1v) is 8.59. The number of hydrogen-bond acceptors (Lipinski definition) is 3. The van der Waals surface area contributed by atoms with Crippen LogP contribution in [0.5, 0.6) is 5.75 Å². The Bertz CT molecular complexity index is 723. The molecule has 126 valence electrons. The minimum Gasteiger partial charge on any atom is -0.497 e. The molecule has 2 unspecified atom stereocenters. The number of oxime groups is 1. The molecule has 1 aliphatic carbocycles. The third-order valence-electron chi connectivity index (χ3n) is 4.35. The highest BCUT2D eigenvalue weighted by atomic mass is 35.5. The number of ether oxygens (including phenoxy) is 1. The molecule has 2 atom stereocenters. The fourth-order valence-electron chi connectivity index (χ4n) is 2.81. The van der Waals surface area contributed by atoms with Crippen molar-refractivity contribution >= 4 is 28.9 Å². The highest BCUT2D eigenvalue weighted by Gasteiger charge is 2.40. The number of hydrogen-bond donors (Lipinski definition) is 0. The van der Waals surface area contributed by atoms with Gasteiger partial charge in [-0.1, -0.05) is 46.6 Å². The van der Waals surface area contributed by atoms with Crippen LogP contribution in [0.25, 0.3) is 0 Å². The Hall–Kier alpha value is -1.71. The Labute approximate surface area is 152 Å². The second-order valence-corrected chi connectivity index (χ2v) is 6.74. The van der Waals surface area contributed by atoms with Crippen molar-refractivity contribution < 1.29 is 9.57 Å². The van der Waals surface area contributed by atoms with E-state index in [2.05, 4.69) is 17.3 Å². The minimum atomic E-state index is 0.274. The number of methoxy groups -OCH3 is 1. The van der Waals surface area contributed by atoms with E-state index in [0.717, 1.165) is 23.4 Å². The summed E-state index contributed by atoms with van der Waals surface area (Å²) in [5.41, 5.74) is 3.07. The van der Waals surface area contributed by atoms with Crippen molar-refractivity contribution in [1.82, 2.24) is 0 Å². The molecule has 0 aliphatic heterocycles. The second kappa shape index (κ2) is 7.45. The predicted octanol–water partition coefficient (Wildman–Crippen LogP) is 5.70. The second-order valence-electron chi connectivity index (χ2n) is 5.93. The van der Waals surface area contributed by atoms with Gasteiger partial charge in [-0.25, -0.2) is 0 Å². The standard InChI is InChI=1S/C19H19Cl2NO2/c1-12(22-24-11-17-18(20)4-3-5-19(17)21)15-10-16(15)13-6-8-14(23-2)9-7-13/h3-9,15-16H,10-11H2,1-2H3. The molecule has 0 heterocycles. The van der Waals surface area contributed by atoms with E-state index in [0.29, 0.717) is 21.9 Å². The van der Waals surface area contributed by atoms with Gasteiger partial charge in [0, 0.05) is 21.5 Å². The van der Waals surface area contributed by atoms with Crippen molar-refractivity contribution in [3.05, 3.63) is 63.6 Å². The molecule has 2 aromatic rings. The fourth-order valence-corrected chi connectivity index (χ4v) is 3.32. The topological polar surface area (TPSA) is 30.8 Å².